The van der Waals surface area contributed by atoms with Crippen LogP contribution in [0.5, 0.6) is 0 Å². The van der Waals surface area contributed by atoms with Gasteiger partial charge in [0.05, 0.1) is 0 Å². The molecule has 3 aromatic rings. The van der Waals surface area contributed by atoms with Gasteiger partial charge in [0.15, 0.2) is 0 Å². The molecule has 2 aliphatic rings. The van der Waals surface area contributed by atoms with Crippen molar-refractivity contribution in [3.05, 3.63) is 41.4 Å². The number of fused-ring (bicyclic) bond motifs is 2. The van der Waals surface area contributed by atoms with Crippen LogP contribution in [0.2, 0.25) is 0 Å². The molecule has 2 fully saturated rings. The smallest absolute Gasteiger partial charge is 0.270 e. The minimum absolute atomic E-state index is 0.0551. The molecule has 0 atom stereocenters. The van der Waals surface area contributed by atoms with Gasteiger partial charge in [-0.2, -0.15) is 0 Å². The van der Waals surface area contributed by atoms with Crippen LogP contribution in [0.1, 0.15) is 76.3 Å². The van der Waals surface area contributed by atoms with E-state index >= 15 is 0 Å². The monoisotopic (exact) mass is 418 g/mol. The molecule has 0 radical (unpaired) electrons. The van der Waals surface area contributed by atoms with E-state index < -0.39 is 0 Å². The molecule has 0 N–H and O–H groups in total. The van der Waals surface area contributed by atoms with Gasteiger partial charge in [0, 0.05) is 12.1 Å². The van der Waals surface area contributed by atoms with Crippen LogP contribution in [0, 0.1) is 0 Å². The maximum absolute atomic E-state index is 13.0. The summed E-state index contributed by atoms with van der Waals surface area (Å²) in [6.45, 7) is 0. The third-order valence-electron chi connectivity index (χ3n) is 6.35. The first-order valence-corrected chi connectivity index (χ1v) is 11.8. The molecule has 5 rings (SSSR count). The highest BCUT2D eigenvalue weighted by atomic mass is 32.1. The van der Waals surface area contributed by atoms with Gasteiger partial charge in [0.1, 0.15) is 18.8 Å². The van der Waals surface area contributed by atoms with Crippen molar-refractivity contribution in [3.63, 3.8) is 0 Å². The summed E-state index contributed by atoms with van der Waals surface area (Å²) in [5.74, 6) is 0. The fraction of sp³-hybridized carbons (Fsp3) is 0.600. The molecule has 0 aliphatic heterocycles. The minimum atomic E-state index is -0.285. The van der Waals surface area contributed by atoms with Crippen molar-refractivity contribution in [2.45, 2.75) is 76.3 Å². The SMILES string of the molecule is O=c1c2sc3c(=O)n(C4CCCCC4)c(=O)c3sc2c(=O)n1C1CCCCC1. The topological polar surface area (TPSA) is 78.1 Å². The van der Waals surface area contributed by atoms with Crippen LogP contribution in [0.25, 0.3) is 18.8 Å². The van der Waals surface area contributed by atoms with E-state index in [0.717, 1.165) is 86.9 Å². The lowest BCUT2D eigenvalue weighted by molar-refractivity contribution is 0.344. The molecule has 28 heavy (non-hydrogen) atoms. The lowest BCUT2D eigenvalue weighted by atomic mass is 9.95. The number of rotatable bonds is 2. The molecule has 148 valence electrons. The van der Waals surface area contributed by atoms with E-state index in [0.29, 0.717) is 18.8 Å². The van der Waals surface area contributed by atoms with E-state index in [4.69, 9.17) is 0 Å². The molecule has 0 spiro atoms. The van der Waals surface area contributed by atoms with E-state index in [1.807, 2.05) is 0 Å². The number of nitrogens with zero attached hydrogens (tertiary/aromatic N) is 2. The number of aromatic nitrogens is 2. The van der Waals surface area contributed by atoms with Gasteiger partial charge < -0.3 is 0 Å². The van der Waals surface area contributed by atoms with Crippen molar-refractivity contribution in [2.24, 2.45) is 0 Å². The second-order valence-corrected chi connectivity index (χ2v) is 10.1. The number of hydrogen-bond donors (Lipinski definition) is 0. The first-order valence-electron chi connectivity index (χ1n) is 10.2. The Morgan fingerprint density at radius 2 is 0.786 bits per heavy atom. The highest BCUT2D eigenvalue weighted by Crippen LogP contribution is 2.32. The molecule has 0 amide bonds. The van der Waals surface area contributed by atoms with Gasteiger partial charge in [-0.3, -0.25) is 28.3 Å². The first kappa shape index (κ1) is 18.2. The molecule has 0 bridgehead atoms. The van der Waals surface area contributed by atoms with Crippen molar-refractivity contribution >= 4 is 41.5 Å². The maximum atomic E-state index is 13.0. The zero-order chi connectivity index (χ0) is 19.4. The average Bonchev–Trinajstić information content (AvgIpc) is 3.12. The third-order valence-corrected chi connectivity index (χ3v) is 8.94. The summed E-state index contributed by atoms with van der Waals surface area (Å²) in [4.78, 5) is 52.0. The van der Waals surface area contributed by atoms with Gasteiger partial charge in [-0.05, 0) is 25.7 Å². The lowest BCUT2D eigenvalue weighted by Gasteiger charge is -2.21. The third kappa shape index (κ3) is 2.64. The Bertz CT molecular complexity index is 1100. The van der Waals surface area contributed by atoms with Gasteiger partial charge in [-0.15, -0.1) is 22.7 Å². The molecule has 0 unspecified atom stereocenters. The van der Waals surface area contributed by atoms with Crippen LogP contribution in [-0.2, 0) is 0 Å². The Hall–Kier alpha value is -1.80. The molecule has 3 heterocycles. The van der Waals surface area contributed by atoms with Crippen LogP contribution < -0.4 is 22.2 Å². The highest BCUT2D eigenvalue weighted by Gasteiger charge is 2.27. The summed E-state index contributed by atoms with van der Waals surface area (Å²) < 4.78 is 4.13. The summed E-state index contributed by atoms with van der Waals surface area (Å²) in [6, 6.07) is -0.110. The van der Waals surface area contributed by atoms with Gasteiger partial charge in [0.25, 0.3) is 22.2 Å². The Morgan fingerprint density at radius 1 is 0.500 bits per heavy atom. The van der Waals surface area contributed by atoms with E-state index in [-0.39, 0.29) is 34.3 Å². The predicted molar refractivity (Wildman–Crippen MR) is 114 cm³/mol. The van der Waals surface area contributed by atoms with Crippen LogP contribution in [0.4, 0.5) is 0 Å². The summed E-state index contributed by atoms with van der Waals surface area (Å²) >= 11 is 2.09. The minimum Gasteiger partial charge on any atom is -0.270 e. The second-order valence-electron chi connectivity index (χ2n) is 8.06. The van der Waals surface area contributed by atoms with Gasteiger partial charge in [-0.25, -0.2) is 0 Å². The normalized spacial score (nSPS) is 19.7. The average molecular weight is 419 g/mol. The molecule has 8 heteroatoms. The predicted octanol–water partition coefficient (Wildman–Crippen LogP) is 3.61. The van der Waals surface area contributed by atoms with Crippen molar-refractivity contribution in [1.82, 2.24) is 9.13 Å². The first-order chi connectivity index (χ1) is 13.6. The van der Waals surface area contributed by atoms with Crippen molar-refractivity contribution < 1.29 is 0 Å². The Labute approximate surface area is 168 Å². The van der Waals surface area contributed by atoms with Gasteiger partial charge in [0.2, 0.25) is 0 Å². The quantitative estimate of drug-likeness (QED) is 0.637. The van der Waals surface area contributed by atoms with Crippen LogP contribution in [0.15, 0.2) is 19.2 Å². The molecule has 0 saturated heterocycles. The molecule has 2 saturated carbocycles. The number of hydrogen-bond acceptors (Lipinski definition) is 6. The van der Waals surface area contributed by atoms with E-state index in [1.165, 1.54) is 9.13 Å². The molecule has 2 aliphatic carbocycles. The lowest BCUT2D eigenvalue weighted by Crippen LogP contribution is -2.31. The molecule has 0 aromatic carbocycles. The van der Waals surface area contributed by atoms with E-state index in [1.54, 1.807) is 0 Å². The highest BCUT2D eigenvalue weighted by molar-refractivity contribution is 7.36. The van der Waals surface area contributed by atoms with Gasteiger partial charge >= 0.3 is 0 Å². The zero-order valence-electron chi connectivity index (χ0n) is 15.6. The van der Waals surface area contributed by atoms with Crippen molar-refractivity contribution in [1.29, 1.82) is 0 Å². The molecule has 6 nitrogen and oxygen atoms in total. The standard InChI is InChI=1S/C20H22N2O4S2/c23-17-13-14(18(24)21(17)11-7-3-1-4-8-11)28-16-15(27-13)19(25)22(20(16)26)12-9-5-2-6-10-12/h11-12H,1-10H2. The molecule has 3 aromatic heterocycles. The Morgan fingerprint density at radius 3 is 1.07 bits per heavy atom. The fourth-order valence-corrected chi connectivity index (χ4v) is 7.29. The van der Waals surface area contributed by atoms with E-state index in [2.05, 4.69) is 0 Å². The largest absolute Gasteiger partial charge is 0.272 e. The van der Waals surface area contributed by atoms with Crippen LogP contribution >= 0.6 is 22.7 Å². The Kier molecular flexibility index (Phi) is 4.50. The maximum Gasteiger partial charge on any atom is 0.272 e. The van der Waals surface area contributed by atoms with Crippen molar-refractivity contribution in [3.8, 4) is 0 Å². The van der Waals surface area contributed by atoms with Crippen molar-refractivity contribution in [2.75, 3.05) is 0 Å². The molecular weight excluding hydrogens is 396 g/mol. The summed E-state index contributed by atoms with van der Waals surface area (Å²) in [6.07, 6.45) is 9.73. The summed E-state index contributed by atoms with van der Waals surface area (Å²) in [5.41, 5.74) is -1.14. The van der Waals surface area contributed by atoms with Crippen LogP contribution in [0.3, 0.4) is 0 Å². The fourth-order valence-electron chi connectivity index (χ4n) is 4.92. The summed E-state index contributed by atoms with van der Waals surface area (Å²) in [5, 5.41) is 0. The molecular formula is C20H22N2O4S2. The van der Waals surface area contributed by atoms with Crippen LogP contribution in [-0.4, -0.2) is 9.13 Å². The second kappa shape index (κ2) is 6.91. The zero-order valence-corrected chi connectivity index (χ0v) is 17.2. The van der Waals surface area contributed by atoms with Gasteiger partial charge in [-0.1, -0.05) is 38.5 Å². The van der Waals surface area contributed by atoms with E-state index in [9.17, 15) is 19.2 Å². The Balaban J connectivity index is 1.73. The summed E-state index contributed by atoms with van der Waals surface area (Å²) in [7, 11) is 0.